The van der Waals surface area contributed by atoms with E-state index in [4.69, 9.17) is 28.5 Å². The zero-order valence-electron chi connectivity index (χ0n) is 10.2. The third-order valence-electron chi connectivity index (χ3n) is 3.47. The Bertz CT molecular complexity index is 521. The summed E-state index contributed by atoms with van der Waals surface area (Å²) in [6, 6.07) is 4.89. The van der Waals surface area contributed by atoms with Gasteiger partial charge in [-0.25, -0.2) is 0 Å². The fourth-order valence-corrected chi connectivity index (χ4v) is 3.61. The highest BCUT2D eigenvalue weighted by molar-refractivity contribution is 8.05. The van der Waals surface area contributed by atoms with Gasteiger partial charge in [-0.05, 0) is 48.7 Å². The maximum Gasteiger partial charge on any atom is 0.177 e. The second-order valence-electron chi connectivity index (χ2n) is 4.67. The van der Waals surface area contributed by atoms with Crippen LogP contribution in [0.2, 0.25) is 10.0 Å². The molecular weight excluding hydrogens is 301 g/mol. The summed E-state index contributed by atoms with van der Waals surface area (Å²) in [5.41, 5.74) is 0.536. The molecule has 0 saturated heterocycles. The van der Waals surface area contributed by atoms with E-state index in [1.54, 1.807) is 18.2 Å². The molecule has 0 bridgehead atoms. The summed E-state index contributed by atoms with van der Waals surface area (Å²) >= 11 is 12.9. The molecule has 1 saturated carbocycles. The average molecular weight is 314 g/mol. The van der Waals surface area contributed by atoms with E-state index >= 15 is 0 Å². The molecule has 0 aromatic heterocycles. The molecule has 5 heteroatoms. The first kappa shape index (κ1) is 14.7. The predicted molar refractivity (Wildman–Crippen MR) is 79.7 cm³/mol. The number of rotatable bonds is 4. The molecular formula is C14H13Cl2NOS. The lowest BCUT2D eigenvalue weighted by Crippen LogP contribution is -2.24. The van der Waals surface area contributed by atoms with E-state index in [1.807, 2.05) is 0 Å². The molecule has 1 aromatic rings. The second kappa shape index (κ2) is 6.65. The molecule has 0 heterocycles. The van der Waals surface area contributed by atoms with E-state index < -0.39 is 0 Å². The zero-order chi connectivity index (χ0) is 13.8. The molecule has 0 amide bonds. The molecule has 1 atom stereocenters. The number of carbonyl (C=O) groups excluding carboxylic acids is 1. The Kier molecular flexibility index (Phi) is 5.15. The number of halogens is 2. The van der Waals surface area contributed by atoms with E-state index in [9.17, 15) is 4.79 Å². The third-order valence-corrected chi connectivity index (χ3v) is 5.17. The van der Waals surface area contributed by atoms with Crippen molar-refractivity contribution in [3.8, 4) is 5.40 Å². The molecule has 0 aliphatic heterocycles. The zero-order valence-corrected chi connectivity index (χ0v) is 12.6. The topological polar surface area (TPSA) is 40.9 Å². The molecule has 19 heavy (non-hydrogen) atoms. The van der Waals surface area contributed by atoms with E-state index in [-0.39, 0.29) is 11.0 Å². The van der Waals surface area contributed by atoms with Gasteiger partial charge in [0.25, 0.3) is 0 Å². The van der Waals surface area contributed by atoms with Crippen LogP contribution in [0, 0.1) is 16.6 Å². The van der Waals surface area contributed by atoms with Crippen LogP contribution in [-0.2, 0) is 0 Å². The van der Waals surface area contributed by atoms with Gasteiger partial charge in [0.1, 0.15) is 5.40 Å². The summed E-state index contributed by atoms with van der Waals surface area (Å²) in [7, 11) is 0. The molecule has 100 valence electrons. The van der Waals surface area contributed by atoms with Crippen LogP contribution in [0.15, 0.2) is 18.2 Å². The Morgan fingerprint density at radius 1 is 1.32 bits per heavy atom. The molecule has 1 fully saturated rings. The first-order valence-corrected chi connectivity index (χ1v) is 7.81. The van der Waals surface area contributed by atoms with Crippen molar-refractivity contribution in [2.75, 3.05) is 0 Å². The molecule has 0 N–H and O–H groups in total. The molecule has 2 nitrogen and oxygen atoms in total. The summed E-state index contributed by atoms with van der Waals surface area (Å²) in [6.45, 7) is 0. The van der Waals surface area contributed by atoms with E-state index in [0.29, 0.717) is 21.5 Å². The Hall–Kier alpha value is -0.690. The normalized spacial score (nSPS) is 17.1. The fourth-order valence-electron chi connectivity index (χ4n) is 2.49. The molecule has 1 aromatic carbocycles. The van der Waals surface area contributed by atoms with E-state index in [1.165, 1.54) is 0 Å². The van der Waals surface area contributed by atoms with Crippen molar-refractivity contribution in [2.45, 2.75) is 30.9 Å². The number of carbonyl (C=O) groups is 1. The van der Waals surface area contributed by atoms with Gasteiger partial charge in [-0.1, -0.05) is 36.0 Å². The van der Waals surface area contributed by atoms with Crippen molar-refractivity contribution in [3.05, 3.63) is 33.8 Å². The largest absolute Gasteiger partial charge is 0.293 e. The molecule has 2 rings (SSSR count). The van der Waals surface area contributed by atoms with Crippen LogP contribution in [0.1, 0.15) is 36.0 Å². The van der Waals surface area contributed by atoms with Crippen LogP contribution in [0.4, 0.5) is 0 Å². The summed E-state index contributed by atoms with van der Waals surface area (Å²) < 4.78 is 0. The van der Waals surface area contributed by atoms with Gasteiger partial charge in [-0.2, -0.15) is 5.26 Å². The van der Waals surface area contributed by atoms with E-state index in [0.717, 1.165) is 37.4 Å². The first-order chi connectivity index (χ1) is 9.13. The minimum Gasteiger partial charge on any atom is -0.293 e. The van der Waals surface area contributed by atoms with Crippen molar-refractivity contribution >= 4 is 40.7 Å². The molecule has 1 unspecified atom stereocenters. The van der Waals surface area contributed by atoms with Gasteiger partial charge in [-0.3, -0.25) is 4.79 Å². The van der Waals surface area contributed by atoms with Crippen LogP contribution < -0.4 is 0 Å². The molecule has 1 aliphatic rings. The number of thiocyanates is 1. The summed E-state index contributed by atoms with van der Waals surface area (Å²) in [4.78, 5) is 12.5. The molecule has 1 aliphatic carbocycles. The smallest absolute Gasteiger partial charge is 0.177 e. The summed E-state index contributed by atoms with van der Waals surface area (Å²) in [5, 5.41) is 11.5. The minimum absolute atomic E-state index is 0.0167. The predicted octanol–water partition coefficient (Wildman–Crippen LogP) is 4.95. The lowest BCUT2D eigenvalue weighted by Gasteiger charge is -2.18. The number of ketones is 1. The van der Waals surface area contributed by atoms with Crippen molar-refractivity contribution in [1.29, 1.82) is 5.26 Å². The fraction of sp³-hybridized carbons (Fsp3) is 0.429. The van der Waals surface area contributed by atoms with Gasteiger partial charge in [0, 0.05) is 5.56 Å². The number of Topliss-reactive ketones (excluding diaryl/α,β-unsaturated/α-hetero) is 1. The highest BCUT2D eigenvalue weighted by Crippen LogP contribution is 2.36. The lowest BCUT2D eigenvalue weighted by atomic mass is 9.96. The van der Waals surface area contributed by atoms with Crippen molar-refractivity contribution in [1.82, 2.24) is 0 Å². The number of nitrogens with zero attached hydrogens (tertiary/aromatic N) is 1. The maximum atomic E-state index is 12.5. The number of nitriles is 1. The molecule has 0 radical (unpaired) electrons. The lowest BCUT2D eigenvalue weighted by molar-refractivity contribution is 0.0970. The Labute approximate surface area is 127 Å². The van der Waals surface area contributed by atoms with Crippen LogP contribution in [0.3, 0.4) is 0 Å². The van der Waals surface area contributed by atoms with Gasteiger partial charge < -0.3 is 0 Å². The van der Waals surface area contributed by atoms with Crippen LogP contribution >= 0.6 is 35.0 Å². The van der Waals surface area contributed by atoms with Crippen LogP contribution in [0.5, 0.6) is 0 Å². The summed E-state index contributed by atoms with van der Waals surface area (Å²) in [6.07, 6.45) is 4.32. The van der Waals surface area contributed by atoms with Gasteiger partial charge in [0.05, 0.1) is 15.3 Å². The minimum atomic E-state index is -0.287. The van der Waals surface area contributed by atoms with Crippen molar-refractivity contribution in [2.24, 2.45) is 5.92 Å². The third kappa shape index (κ3) is 3.45. The van der Waals surface area contributed by atoms with Crippen LogP contribution in [0.25, 0.3) is 0 Å². The highest BCUT2D eigenvalue weighted by Gasteiger charge is 2.32. The quantitative estimate of drug-likeness (QED) is 0.583. The number of hydrogen-bond acceptors (Lipinski definition) is 3. The standard InChI is InChI=1S/C14H13Cl2NOS/c15-11-6-5-10(7-12(11)16)13(18)14(19-8-17)9-3-1-2-4-9/h5-7,9,14H,1-4H2. The number of hydrogen-bond donors (Lipinski definition) is 0. The van der Waals surface area contributed by atoms with Gasteiger partial charge in [0.15, 0.2) is 5.78 Å². The average Bonchev–Trinajstić information content (AvgIpc) is 2.92. The second-order valence-corrected chi connectivity index (χ2v) is 6.41. The first-order valence-electron chi connectivity index (χ1n) is 6.17. The Morgan fingerprint density at radius 3 is 2.58 bits per heavy atom. The number of benzene rings is 1. The van der Waals surface area contributed by atoms with Crippen molar-refractivity contribution < 1.29 is 4.79 Å². The van der Waals surface area contributed by atoms with E-state index in [2.05, 4.69) is 5.40 Å². The highest BCUT2D eigenvalue weighted by atomic mass is 35.5. The monoisotopic (exact) mass is 313 g/mol. The Morgan fingerprint density at radius 2 is 2.00 bits per heavy atom. The van der Waals surface area contributed by atoms with Crippen LogP contribution in [-0.4, -0.2) is 11.0 Å². The Balaban J connectivity index is 2.23. The summed E-state index contributed by atoms with van der Waals surface area (Å²) in [5.74, 6) is 0.281. The van der Waals surface area contributed by atoms with Gasteiger partial charge >= 0.3 is 0 Å². The van der Waals surface area contributed by atoms with Gasteiger partial charge in [0.2, 0.25) is 0 Å². The van der Waals surface area contributed by atoms with Crippen molar-refractivity contribution in [3.63, 3.8) is 0 Å². The van der Waals surface area contributed by atoms with Gasteiger partial charge in [-0.15, -0.1) is 0 Å². The number of thioether (sulfide) groups is 1. The maximum absolute atomic E-state index is 12.5. The molecule has 0 spiro atoms. The SMILES string of the molecule is N#CSC(C(=O)c1ccc(Cl)c(Cl)c1)C1CCCC1.